The van der Waals surface area contributed by atoms with Gasteiger partial charge in [-0.25, -0.2) is 9.46 Å². The quantitative estimate of drug-likeness (QED) is 0.0461. The summed E-state index contributed by atoms with van der Waals surface area (Å²) in [6.45, 7) is 12.9. The van der Waals surface area contributed by atoms with Crippen molar-refractivity contribution >= 4 is 20.6 Å². The number of nitrogens with one attached hydrogen (secondary N) is 1. The maximum absolute atomic E-state index is 12.3. The molecule has 0 saturated carbocycles. The van der Waals surface area contributed by atoms with Gasteiger partial charge in [0.2, 0.25) is 5.91 Å². The molecule has 0 aromatic heterocycles. The Morgan fingerprint density at radius 3 is 2.00 bits per heavy atom. The Morgan fingerprint density at radius 1 is 0.797 bits per heavy atom. The number of nitrogens with zero attached hydrogens (tertiary/aromatic N) is 2. The molecule has 1 fully saturated rings. The lowest BCUT2D eigenvalue weighted by atomic mass is 9.98. The van der Waals surface area contributed by atoms with Crippen LogP contribution in [0.4, 0.5) is 4.79 Å². The summed E-state index contributed by atoms with van der Waals surface area (Å²) in [6.07, 6.45) is 14.3. The smallest absolute Gasteiger partial charge is 0.434 e. The molecule has 4 atom stereocenters. The fourth-order valence-electron chi connectivity index (χ4n) is 7.93. The standard InChI is InChI=1S/C47H72N3O8P/c1-36(2)50(37(3)4)59(56-33-23-29-48)58-44-34-46(57-38(44)5)53-31-21-14-12-20-30-49-45(51)28-15-11-9-7-6-8-10-13-22-32-54-47(52)55-35-43-41-26-18-16-24-39(41)40-25-17-19-27-42(40)43/h16-19,24-27,36-38,43-44,46H,6-15,20-23,28,30-35H2,1-5H3,(H,49,51). The number of benzene rings is 2. The van der Waals surface area contributed by atoms with Crippen molar-refractivity contribution in [3.63, 3.8) is 0 Å². The van der Waals surface area contributed by atoms with Gasteiger partial charge in [0.25, 0.3) is 8.53 Å². The molecule has 1 aliphatic carbocycles. The molecule has 0 spiro atoms. The highest BCUT2D eigenvalue weighted by Gasteiger charge is 2.38. The van der Waals surface area contributed by atoms with E-state index >= 15 is 0 Å². The highest BCUT2D eigenvalue weighted by molar-refractivity contribution is 7.44. The topological polar surface area (TPSA) is 129 Å². The first-order valence-electron chi connectivity index (χ1n) is 22.5. The lowest BCUT2D eigenvalue weighted by Gasteiger charge is -2.37. The number of carbonyl (C=O) groups is 2. The van der Waals surface area contributed by atoms with Gasteiger partial charge in [0.05, 0.1) is 37.9 Å². The molecule has 1 heterocycles. The van der Waals surface area contributed by atoms with Gasteiger partial charge in [0, 0.05) is 44.0 Å². The number of nitriles is 1. The van der Waals surface area contributed by atoms with Crippen LogP contribution in [0.1, 0.15) is 154 Å². The van der Waals surface area contributed by atoms with E-state index in [1.54, 1.807) is 0 Å². The molecule has 328 valence electrons. The summed E-state index contributed by atoms with van der Waals surface area (Å²) in [6, 6.07) is 19.3. The molecular formula is C47H72N3O8P. The van der Waals surface area contributed by atoms with Crippen LogP contribution >= 0.6 is 8.53 Å². The van der Waals surface area contributed by atoms with Crippen molar-refractivity contribution in [3.8, 4) is 17.2 Å². The second kappa shape index (κ2) is 27.7. The van der Waals surface area contributed by atoms with Crippen molar-refractivity contribution in [2.24, 2.45) is 0 Å². The summed E-state index contributed by atoms with van der Waals surface area (Å²) in [4.78, 5) is 24.6. The summed E-state index contributed by atoms with van der Waals surface area (Å²) >= 11 is 0. The van der Waals surface area contributed by atoms with Crippen LogP contribution in [-0.2, 0) is 32.8 Å². The summed E-state index contributed by atoms with van der Waals surface area (Å²) < 4.78 is 37.8. The first kappa shape index (κ1) is 48.6. The lowest BCUT2D eigenvalue weighted by Crippen LogP contribution is -2.35. The molecule has 2 aromatic rings. The zero-order valence-corrected chi connectivity index (χ0v) is 37.4. The molecule has 1 saturated heterocycles. The van der Waals surface area contributed by atoms with Gasteiger partial charge in [-0.1, -0.05) is 106 Å². The van der Waals surface area contributed by atoms with Gasteiger partial charge in [0.15, 0.2) is 6.29 Å². The van der Waals surface area contributed by atoms with E-state index in [2.05, 4.69) is 68.0 Å². The predicted molar refractivity (Wildman–Crippen MR) is 234 cm³/mol. The minimum Gasteiger partial charge on any atom is -0.434 e. The van der Waals surface area contributed by atoms with Crippen LogP contribution in [0.5, 0.6) is 0 Å². The number of ether oxygens (including phenoxy) is 4. The summed E-state index contributed by atoms with van der Waals surface area (Å²) in [7, 11) is -1.32. The summed E-state index contributed by atoms with van der Waals surface area (Å²) in [5.41, 5.74) is 4.82. The number of hydrogen-bond acceptors (Lipinski definition) is 10. The summed E-state index contributed by atoms with van der Waals surface area (Å²) in [5.74, 6) is 0.198. The zero-order valence-electron chi connectivity index (χ0n) is 36.5. The SMILES string of the molecule is CC1OC(OCCCCCCNC(=O)CCCCCCCCCCCOC(=O)OCC2c3ccccc3-c3ccccc32)CC1OP(OCCC#N)N(C(C)C)C(C)C. The third-order valence-electron chi connectivity index (χ3n) is 11.0. The molecule has 0 bridgehead atoms. The molecular weight excluding hydrogens is 766 g/mol. The average Bonchev–Trinajstić information content (AvgIpc) is 3.73. The molecule has 11 nitrogen and oxygen atoms in total. The Labute approximate surface area is 356 Å². The van der Waals surface area contributed by atoms with Crippen LogP contribution in [-0.4, -0.2) is 80.3 Å². The van der Waals surface area contributed by atoms with E-state index in [4.69, 9.17) is 33.3 Å². The normalized spacial score (nSPS) is 17.9. The lowest BCUT2D eigenvalue weighted by molar-refractivity contribution is -0.131. The Bertz CT molecular complexity index is 1500. The van der Waals surface area contributed by atoms with Crippen molar-refractivity contribution < 1.29 is 37.6 Å². The van der Waals surface area contributed by atoms with E-state index in [0.717, 1.165) is 70.8 Å². The van der Waals surface area contributed by atoms with Crippen molar-refractivity contribution in [1.29, 1.82) is 5.26 Å². The first-order valence-corrected chi connectivity index (χ1v) is 23.6. The zero-order chi connectivity index (χ0) is 42.2. The molecule has 12 heteroatoms. The van der Waals surface area contributed by atoms with Gasteiger partial charge in [-0.05, 0) is 82.6 Å². The van der Waals surface area contributed by atoms with E-state index in [1.165, 1.54) is 41.5 Å². The van der Waals surface area contributed by atoms with Crippen LogP contribution in [0, 0.1) is 11.3 Å². The molecule has 2 aliphatic rings. The van der Waals surface area contributed by atoms with Crippen molar-refractivity contribution in [3.05, 3.63) is 59.7 Å². The van der Waals surface area contributed by atoms with Crippen LogP contribution in [0.3, 0.4) is 0 Å². The third-order valence-corrected chi connectivity index (χ3v) is 13.2. The fourth-order valence-corrected chi connectivity index (χ4v) is 9.73. The Kier molecular flexibility index (Phi) is 22.8. The van der Waals surface area contributed by atoms with Gasteiger partial charge in [-0.15, -0.1) is 0 Å². The van der Waals surface area contributed by atoms with Gasteiger partial charge in [-0.3, -0.25) is 4.79 Å². The predicted octanol–water partition coefficient (Wildman–Crippen LogP) is 11.3. The fraction of sp³-hybridized carbons (Fsp3) is 0.681. The molecule has 2 aromatic carbocycles. The van der Waals surface area contributed by atoms with Crippen LogP contribution in [0.15, 0.2) is 48.5 Å². The van der Waals surface area contributed by atoms with Crippen LogP contribution in [0.25, 0.3) is 11.1 Å². The van der Waals surface area contributed by atoms with Gasteiger partial charge >= 0.3 is 6.16 Å². The van der Waals surface area contributed by atoms with E-state index in [-0.39, 0.29) is 49.0 Å². The second-order valence-corrected chi connectivity index (χ2v) is 17.8. The molecule has 0 radical (unpaired) electrons. The Morgan fingerprint density at radius 2 is 1.37 bits per heavy atom. The third kappa shape index (κ3) is 17.1. The monoisotopic (exact) mass is 838 g/mol. The maximum atomic E-state index is 12.3. The van der Waals surface area contributed by atoms with Gasteiger partial charge in [-0.2, -0.15) is 5.26 Å². The van der Waals surface area contributed by atoms with Crippen molar-refractivity contribution in [2.75, 3.05) is 33.0 Å². The average molecular weight is 838 g/mol. The second-order valence-electron chi connectivity index (χ2n) is 16.4. The molecule has 59 heavy (non-hydrogen) atoms. The number of hydrogen-bond donors (Lipinski definition) is 1. The number of carbonyl (C=O) groups excluding carboxylic acids is 2. The van der Waals surface area contributed by atoms with Crippen molar-refractivity contribution in [2.45, 2.75) is 174 Å². The van der Waals surface area contributed by atoms with E-state index < -0.39 is 14.7 Å². The van der Waals surface area contributed by atoms with E-state index in [1.807, 2.05) is 31.2 Å². The molecule has 1 amide bonds. The molecule has 4 unspecified atom stereocenters. The highest BCUT2D eigenvalue weighted by atomic mass is 31.2. The van der Waals surface area contributed by atoms with Gasteiger partial charge < -0.3 is 33.3 Å². The molecule has 1 N–H and O–H groups in total. The number of fused-ring (bicyclic) bond motifs is 3. The Hall–Kier alpha value is -3.10. The number of amides is 1. The van der Waals surface area contributed by atoms with E-state index in [9.17, 15) is 9.59 Å². The van der Waals surface area contributed by atoms with Gasteiger partial charge in [0.1, 0.15) is 6.61 Å². The number of rotatable bonds is 30. The largest absolute Gasteiger partial charge is 0.508 e. The van der Waals surface area contributed by atoms with E-state index in [0.29, 0.717) is 39.1 Å². The Balaban J connectivity index is 0.903. The molecule has 4 rings (SSSR count). The van der Waals surface area contributed by atoms with Crippen LogP contribution < -0.4 is 5.32 Å². The number of unbranched alkanes of at least 4 members (excludes halogenated alkanes) is 11. The maximum Gasteiger partial charge on any atom is 0.508 e. The van der Waals surface area contributed by atoms with Crippen LogP contribution in [0.2, 0.25) is 0 Å². The summed E-state index contributed by atoms with van der Waals surface area (Å²) in [5, 5.41) is 12.1. The minimum absolute atomic E-state index is 0.0430. The first-order chi connectivity index (χ1) is 28.7. The molecule has 1 aliphatic heterocycles. The highest BCUT2D eigenvalue weighted by Crippen LogP contribution is 2.49. The van der Waals surface area contributed by atoms with Crippen molar-refractivity contribution in [1.82, 2.24) is 9.99 Å². The minimum atomic E-state index is -1.32.